The highest BCUT2D eigenvalue weighted by Gasteiger charge is 2.37. The van der Waals surface area contributed by atoms with Crippen LogP contribution < -0.4 is 10.7 Å². The van der Waals surface area contributed by atoms with Gasteiger partial charge in [0.2, 0.25) is 11.8 Å². The van der Waals surface area contributed by atoms with Gasteiger partial charge in [0.05, 0.1) is 37.3 Å². The number of pyridine rings is 1. The first-order valence-corrected chi connectivity index (χ1v) is 17.1. The number of carbonyl (C=O) groups is 4. The molecule has 0 saturated carbocycles. The van der Waals surface area contributed by atoms with Crippen molar-refractivity contribution in [2.24, 2.45) is 22.7 Å². The topological polar surface area (TPSA) is 138 Å². The molecule has 0 radical (unpaired) electrons. The van der Waals surface area contributed by atoms with E-state index in [1.54, 1.807) is 11.2 Å². The molecule has 0 bridgehead atoms. The van der Waals surface area contributed by atoms with E-state index in [-0.39, 0.29) is 43.5 Å². The Bertz CT molecular complexity index is 1550. The Hall–Kier alpha value is -4.41. The molecule has 1 heterocycles. The highest BCUT2D eigenvalue weighted by Crippen LogP contribution is 2.30. The summed E-state index contributed by atoms with van der Waals surface area (Å²) in [5.74, 6) is -2.61. The Labute approximate surface area is 297 Å². The molecule has 50 heavy (non-hydrogen) atoms. The van der Waals surface area contributed by atoms with E-state index in [9.17, 15) is 24.3 Å². The minimum atomic E-state index is -1.06. The second-order valence-corrected chi connectivity index (χ2v) is 15.2. The smallest absolute Gasteiger partial charge is 0.306 e. The number of ether oxygens (including phenoxy) is 1. The number of Topliss-reactive ketones (excluding diaryl/α,β-unsaturated/α-hetero) is 1. The molecule has 2 aromatic carbocycles. The SMILES string of the molecule is COC(=O)C[C@H](C(=O)NN(Cc1ccc(-c2ccccn2)cc1)C[C@H](O)[C@@H](CC(=O)[C@@H](NC(C)=O)C(C)(C)C)Cc1ccccc1)C(C)(C)C. The molecule has 0 aliphatic rings. The number of carbonyl (C=O) groups excluding carboxylic acids is 4. The molecule has 0 spiro atoms. The van der Waals surface area contributed by atoms with Crippen molar-refractivity contribution in [2.45, 2.75) is 86.4 Å². The van der Waals surface area contributed by atoms with Gasteiger partial charge in [-0.15, -0.1) is 0 Å². The molecule has 3 rings (SSSR count). The molecule has 10 nitrogen and oxygen atoms in total. The summed E-state index contributed by atoms with van der Waals surface area (Å²) in [6, 6.07) is 22.4. The third-order valence-corrected chi connectivity index (χ3v) is 8.81. The molecular formula is C40H54N4O6. The second kappa shape index (κ2) is 18.0. The van der Waals surface area contributed by atoms with Crippen LogP contribution in [0.1, 0.15) is 72.4 Å². The minimum Gasteiger partial charge on any atom is -0.469 e. The van der Waals surface area contributed by atoms with Crippen LogP contribution in [0.4, 0.5) is 0 Å². The van der Waals surface area contributed by atoms with Crippen molar-refractivity contribution >= 4 is 23.6 Å². The van der Waals surface area contributed by atoms with Gasteiger partial charge in [-0.2, -0.15) is 0 Å². The predicted octanol–water partition coefficient (Wildman–Crippen LogP) is 5.54. The fraction of sp³-hybridized carbons (Fsp3) is 0.475. The Balaban J connectivity index is 1.95. The van der Waals surface area contributed by atoms with E-state index in [2.05, 4.69) is 15.7 Å². The predicted molar refractivity (Wildman–Crippen MR) is 194 cm³/mol. The number of nitrogens with zero attached hydrogens (tertiary/aromatic N) is 2. The lowest BCUT2D eigenvalue weighted by Crippen LogP contribution is -2.52. The fourth-order valence-electron chi connectivity index (χ4n) is 5.96. The van der Waals surface area contributed by atoms with E-state index in [1.807, 2.05) is 114 Å². The van der Waals surface area contributed by atoms with Gasteiger partial charge in [0.1, 0.15) is 0 Å². The van der Waals surface area contributed by atoms with Crippen molar-refractivity contribution in [2.75, 3.05) is 13.7 Å². The Morgan fingerprint density at radius 3 is 2.02 bits per heavy atom. The van der Waals surface area contributed by atoms with Crippen molar-refractivity contribution in [3.8, 4) is 11.3 Å². The Kier molecular flexibility index (Phi) is 14.4. The molecular weight excluding hydrogens is 632 g/mol. The number of benzene rings is 2. The molecule has 0 aliphatic heterocycles. The van der Waals surface area contributed by atoms with Crippen molar-refractivity contribution in [1.29, 1.82) is 0 Å². The van der Waals surface area contributed by atoms with Gasteiger partial charge >= 0.3 is 5.97 Å². The number of methoxy groups -OCH3 is 1. The lowest BCUT2D eigenvalue weighted by Gasteiger charge is -2.35. The van der Waals surface area contributed by atoms with Crippen LogP contribution in [0.15, 0.2) is 79.0 Å². The third-order valence-electron chi connectivity index (χ3n) is 8.81. The number of nitrogens with one attached hydrogen (secondary N) is 2. The number of hydrazine groups is 1. The first kappa shape index (κ1) is 40.0. The molecule has 3 N–H and O–H groups in total. The zero-order valence-electron chi connectivity index (χ0n) is 30.7. The van der Waals surface area contributed by atoms with E-state index < -0.39 is 40.8 Å². The third kappa shape index (κ3) is 12.5. The number of hydrogen-bond donors (Lipinski definition) is 3. The van der Waals surface area contributed by atoms with Gasteiger partial charge in [-0.1, -0.05) is 102 Å². The number of hydrogen-bond acceptors (Lipinski definition) is 8. The Morgan fingerprint density at radius 2 is 1.48 bits per heavy atom. The molecule has 2 amide bonds. The maximum absolute atomic E-state index is 13.9. The van der Waals surface area contributed by atoms with Crippen LogP contribution in [-0.2, 0) is 36.9 Å². The average Bonchev–Trinajstić information content (AvgIpc) is 3.05. The summed E-state index contributed by atoms with van der Waals surface area (Å²) >= 11 is 0. The number of aliphatic hydroxyl groups is 1. The minimum absolute atomic E-state index is 0.00575. The average molecular weight is 687 g/mol. The molecule has 1 aromatic heterocycles. The van der Waals surface area contributed by atoms with Crippen molar-refractivity contribution < 1.29 is 29.0 Å². The number of esters is 1. The molecule has 3 aromatic rings. The maximum Gasteiger partial charge on any atom is 0.306 e. The summed E-state index contributed by atoms with van der Waals surface area (Å²) < 4.78 is 4.90. The molecule has 270 valence electrons. The highest BCUT2D eigenvalue weighted by atomic mass is 16.5. The van der Waals surface area contributed by atoms with Crippen LogP contribution in [0.25, 0.3) is 11.3 Å². The van der Waals surface area contributed by atoms with Crippen LogP contribution >= 0.6 is 0 Å². The second-order valence-electron chi connectivity index (χ2n) is 15.2. The van der Waals surface area contributed by atoms with Gasteiger partial charge in [0.25, 0.3) is 0 Å². The van der Waals surface area contributed by atoms with Crippen LogP contribution in [0.5, 0.6) is 0 Å². The number of rotatable bonds is 16. The zero-order valence-corrected chi connectivity index (χ0v) is 30.7. The lowest BCUT2D eigenvalue weighted by atomic mass is 9.78. The molecule has 0 unspecified atom stereocenters. The van der Waals surface area contributed by atoms with E-state index in [1.165, 1.54) is 14.0 Å². The molecule has 4 atom stereocenters. The van der Waals surface area contributed by atoms with Crippen LogP contribution in [0, 0.1) is 22.7 Å². The van der Waals surface area contributed by atoms with Gasteiger partial charge in [-0.3, -0.25) is 29.6 Å². The summed E-state index contributed by atoms with van der Waals surface area (Å²) in [6.45, 7) is 13.0. The number of aliphatic hydroxyl groups excluding tert-OH is 1. The standard InChI is InChI=1S/C40H54N4O6/c1-27(45)42-37(40(5,6)7)34(46)23-31(22-28-14-10-9-11-15-28)35(47)26-44(43-38(49)32(39(2,3)4)24-36(48)50-8)25-29-17-19-30(20-18-29)33-16-12-13-21-41-33/h9-21,31-32,35,37,47H,22-26H2,1-8H3,(H,42,45)(H,43,49)/t31-,32-,35+,37-/m1/s1. The van der Waals surface area contributed by atoms with Crippen molar-refractivity contribution in [1.82, 2.24) is 20.7 Å². The van der Waals surface area contributed by atoms with Crippen molar-refractivity contribution in [3.05, 3.63) is 90.1 Å². The van der Waals surface area contributed by atoms with E-state index in [4.69, 9.17) is 4.74 Å². The first-order chi connectivity index (χ1) is 23.5. The fourth-order valence-corrected chi connectivity index (χ4v) is 5.96. The summed E-state index contributed by atoms with van der Waals surface area (Å²) in [5.41, 5.74) is 5.46. The maximum atomic E-state index is 13.9. The Morgan fingerprint density at radius 1 is 0.840 bits per heavy atom. The molecule has 0 saturated heterocycles. The quantitative estimate of drug-likeness (QED) is 0.132. The van der Waals surface area contributed by atoms with Crippen LogP contribution in [0.2, 0.25) is 0 Å². The molecule has 0 aliphatic carbocycles. The number of ketones is 1. The van der Waals surface area contributed by atoms with Gasteiger partial charge in [-0.05, 0) is 46.4 Å². The number of aromatic nitrogens is 1. The first-order valence-electron chi connectivity index (χ1n) is 17.1. The monoisotopic (exact) mass is 686 g/mol. The largest absolute Gasteiger partial charge is 0.469 e. The van der Waals surface area contributed by atoms with E-state index in [0.29, 0.717) is 6.42 Å². The van der Waals surface area contributed by atoms with Gasteiger partial charge in [0.15, 0.2) is 5.78 Å². The summed E-state index contributed by atoms with van der Waals surface area (Å²) in [6.07, 6.45) is 0.977. The van der Waals surface area contributed by atoms with Gasteiger partial charge in [0, 0.05) is 38.2 Å². The van der Waals surface area contributed by atoms with E-state index in [0.717, 1.165) is 22.4 Å². The zero-order chi connectivity index (χ0) is 37.1. The number of amides is 2. The lowest BCUT2D eigenvalue weighted by molar-refractivity contribution is -0.148. The normalized spacial score (nSPS) is 14.3. The highest BCUT2D eigenvalue weighted by molar-refractivity contribution is 5.89. The van der Waals surface area contributed by atoms with Gasteiger partial charge < -0.3 is 15.2 Å². The molecule has 10 heteroatoms. The van der Waals surface area contributed by atoms with Crippen molar-refractivity contribution in [3.63, 3.8) is 0 Å². The summed E-state index contributed by atoms with van der Waals surface area (Å²) in [7, 11) is 1.29. The van der Waals surface area contributed by atoms with Gasteiger partial charge in [-0.25, -0.2) is 5.01 Å². The van der Waals surface area contributed by atoms with Crippen LogP contribution in [0.3, 0.4) is 0 Å². The van der Waals surface area contributed by atoms with Crippen LogP contribution in [-0.4, -0.2) is 64.5 Å². The van der Waals surface area contributed by atoms with E-state index >= 15 is 0 Å². The molecule has 0 fully saturated rings. The summed E-state index contributed by atoms with van der Waals surface area (Å²) in [5, 5.41) is 16.4. The summed E-state index contributed by atoms with van der Waals surface area (Å²) in [4.78, 5) is 56.5.